The van der Waals surface area contributed by atoms with Crippen LogP contribution in [0.15, 0.2) is 24.3 Å². The van der Waals surface area contributed by atoms with Gasteiger partial charge in [-0.15, -0.1) is 0 Å². The molecule has 98 valence electrons. The van der Waals surface area contributed by atoms with Crippen LogP contribution in [0.25, 0.3) is 0 Å². The van der Waals surface area contributed by atoms with Crippen molar-refractivity contribution in [2.75, 3.05) is 39.4 Å². The highest BCUT2D eigenvalue weighted by Gasteiger charge is 2.20. The number of hydrogen-bond donors (Lipinski definition) is 1. The second-order valence-electron chi connectivity index (χ2n) is 5.27. The van der Waals surface area contributed by atoms with E-state index in [4.69, 9.17) is 4.74 Å². The molecule has 0 radical (unpaired) electrons. The van der Waals surface area contributed by atoms with Gasteiger partial charge >= 0.3 is 0 Å². The van der Waals surface area contributed by atoms with Crippen LogP contribution in [0.4, 0.5) is 0 Å². The van der Waals surface area contributed by atoms with Crippen LogP contribution in [0.5, 0.6) is 0 Å². The first-order chi connectivity index (χ1) is 8.93. The molecule has 1 aromatic carbocycles. The normalized spacial score (nSPS) is 24.8. The lowest BCUT2D eigenvalue weighted by Gasteiger charge is -2.31. The Bertz CT molecular complexity index is 388. The van der Waals surface area contributed by atoms with Gasteiger partial charge in [0.2, 0.25) is 0 Å². The topological polar surface area (TPSA) is 24.5 Å². The first-order valence-electron chi connectivity index (χ1n) is 7.02. The fourth-order valence-corrected chi connectivity index (χ4v) is 3.01. The fraction of sp³-hybridized carbons (Fsp3) is 0.600. The summed E-state index contributed by atoms with van der Waals surface area (Å²) in [6, 6.07) is 8.88. The summed E-state index contributed by atoms with van der Waals surface area (Å²) in [5, 5.41) is 3.54. The number of hydrogen-bond acceptors (Lipinski definition) is 3. The quantitative estimate of drug-likeness (QED) is 0.876. The molecule has 1 fully saturated rings. The molecule has 2 heterocycles. The average Bonchev–Trinajstić information content (AvgIpc) is 2.46. The van der Waals surface area contributed by atoms with Gasteiger partial charge in [0.05, 0.1) is 13.2 Å². The molecule has 1 unspecified atom stereocenters. The molecule has 0 aromatic heterocycles. The van der Waals surface area contributed by atoms with Crippen molar-refractivity contribution >= 4 is 0 Å². The van der Waals surface area contributed by atoms with Crippen LogP contribution in [0.1, 0.15) is 23.5 Å². The maximum Gasteiger partial charge on any atom is 0.0594 e. The van der Waals surface area contributed by atoms with Gasteiger partial charge in [0.25, 0.3) is 0 Å². The number of benzene rings is 1. The molecular formula is C15H22N2O. The Morgan fingerprint density at radius 3 is 2.94 bits per heavy atom. The molecule has 18 heavy (non-hydrogen) atoms. The number of ether oxygens (including phenoxy) is 1. The highest BCUT2D eigenvalue weighted by atomic mass is 16.5. The van der Waals surface area contributed by atoms with Crippen molar-refractivity contribution in [2.45, 2.75) is 18.9 Å². The van der Waals surface area contributed by atoms with Crippen molar-refractivity contribution in [2.24, 2.45) is 0 Å². The molecule has 1 aromatic rings. The summed E-state index contributed by atoms with van der Waals surface area (Å²) in [6.45, 7) is 7.36. The summed E-state index contributed by atoms with van der Waals surface area (Å²) in [5.41, 5.74) is 3.04. The highest BCUT2D eigenvalue weighted by molar-refractivity contribution is 5.32. The minimum atomic E-state index is 0.679. The summed E-state index contributed by atoms with van der Waals surface area (Å²) in [6.07, 6.45) is 1.25. The van der Waals surface area contributed by atoms with Gasteiger partial charge in [0.15, 0.2) is 0 Å². The van der Waals surface area contributed by atoms with Crippen LogP contribution in [-0.2, 0) is 11.3 Å². The molecule has 3 rings (SSSR count). The van der Waals surface area contributed by atoms with Gasteiger partial charge in [0, 0.05) is 26.2 Å². The summed E-state index contributed by atoms with van der Waals surface area (Å²) in [4.78, 5) is 2.53. The Labute approximate surface area is 109 Å². The predicted octanol–water partition coefficient (Wildman–Crippen LogP) is 1.60. The van der Waals surface area contributed by atoms with E-state index < -0.39 is 0 Å². The third kappa shape index (κ3) is 2.74. The minimum Gasteiger partial charge on any atom is -0.379 e. The van der Waals surface area contributed by atoms with E-state index in [2.05, 4.69) is 34.5 Å². The first kappa shape index (κ1) is 12.2. The van der Waals surface area contributed by atoms with Gasteiger partial charge in [-0.25, -0.2) is 0 Å². The van der Waals surface area contributed by atoms with E-state index in [1.165, 1.54) is 18.5 Å². The monoisotopic (exact) mass is 246 g/mol. The van der Waals surface area contributed by atoms with Crippen LogP contribution in [0, 0.1) is 0 Å². The SMILES string of the molecule is c1ccc2c(c1)CNCC2CCN1CCOCC1. The number of fused-ring (bicyclic) bond motifs is 1. The summed E-state index contributed by atoms with van der Waals surface area (Å²) < 4.78 is 5.39. The van der Waals surface area contributed by atoms with Gasteiger partial charge in [-0.05, 0) is 30.0 Å². The van der Waals surface area contributed by atoms with Crippen LogP contribution in [-0.4, -0.2) is 44.3 Å². The van der Waals surface area contributed by atoms with E-state index >= 15 is 0 Å². The standard InChI is InChI=1S/C15H22N2O/c1-2-4-15-13(3-1)11-16-12-14(15)5-6-17-7-9-18-10-8-17/h1-4,14,16H,5-12H2. The van der Waals surface area contributed by atoms with Gasteiger partial charge < -0.3 is 10.1 Å². The van der Waals surface area contributed by atoms with Crippen LogP contribution in [0.3, 0.4) is 0 Å². The Morgan fingerprint density at radius 1 is 1.22 bits per heavy atom. The smallest absolute Gasteiger partial charge is 0.0594 e. The Balaban J connectivity index is 1.60. The van der Waals surface area contributed by atoms with E-state index in [0.29, 0.717) is 5.92 Å². The number of nitrogens with one attached hydrogen (secondary N) is 1. The second kappa shape index (κ2) is 5.83. The molecule has 0 spiro atoms. The fourth-order valence-electron chi connectivity index (χ4n) is 3.01. The van der Waals surface area contributed by atoms with E-state index in [9.17, 15) is 0 Å². The first-order valence-corrected chi connectivity index (χ1v) is 7.02. The van der Waals surface area contributed by atoms with Gasteiger partial charge in [-0.2, -0.15) is 0 Å². The van der Waals surface area contributed by atoms with Crippen LogP contribution >= 0.6 is 0 Å². The predicted molar refractivity (Wildman–Crippen MR) is 72.8 cm³/mol. The van der Waals surface area contributed by atoms with Crippen molar-refractivity contribution in [3.63, 3.8) is 0 Å². The maximum absolute atomic E-state index is 5.39. The minimum absolute atomic E-state index is 0.679. The summed E-state index contributed by atoms with van der Waals surface area (Å²) >= 11 is 0. The Hall–Kier alpha value is -0.900. The summed E-state index contributed by atoms with van der Waals surface area (Å²) in [7, 11) is 0. The molecule has 0 bridgehead atoms. The van der Waals surface area contributed by atoms with Crippen LogP contribution < -0.4 is 5.32 Å². The third-order valence-corrected chi connectivity index (χ3v) is 4.10. The zero-order chi connectivity index (χ0) is 12.2. The third-order valence-electron chi connectivity index (χ3n) is 4.10. The van der Waals surface area contributed by atoms with E-state index in [1.807, 2.05) is 0 Å². The number of morpholine rings is 1. The number of rotatable bonds is 3. The zero-order valence-electron chi connectivity index (χ0n) is 10.9. The molecule has 3 nitrogen and oxygen atoms in total. The molecule has 2 aliphatic rings. The molecular weight excluding hydrogens is 224 g/mol. The number of nitrogens with zero attached hydrogens (tertiary/aromatic N) is 1. The van der Waals surface area contributed by atoms with Gasteiger partial charge in [-0.1, -0.05) is 24.3 Å². The van der Waals surface area contributed by atoms with E-state index in [-0.39, 0.29) is 0 Å². The van der Waals surface area contributed by atoms with Crippen molar-refractivity contribution in [3.8, 4) is 0 Å². The van der Waals surface area contributed by atoms with Gasteiger partial charge in [-0.3, -0.25) is 4.90 Å². The Morgan fingerprint density at radius 2 is 2.06 bits per heavy atom. The molecule has 2 aliphatic heterocycles. The molecule has 0 saturated carbocycles. The van der Waals surface area contributed by atoms with E-state index in [0.717, 1.165) is 39.4 Å². The lowest BCUT2D eigenvalue weighted by molar-refractivity contribution is 0.0365. The largest absolute Gasteiger partial charge is 0.379 e. The van der Waals surface area contributed by atoms with Crippen molar-refractivity contribution < 1.29 is 4.74 Å². The molecule has 1 N–H and O–H groups in total. The lowest BCUT2D eigenvalue weighted by atomic mass is 9.88. The summed E-state index contributed by atoms with van der Waals surface area (Å²) in [5.74, 6) is 0.679. The average molecular weight is 246 g/mol. The van der Waals surface area contributed by atoms with Crippen molar-refractivity contribution in [1.82, 2.24) is 10.2 Å². The molecule has 3 heteroatoms. The lowest BCUT2D eigenvalue weighted by Crippen LogP contribution is -2.38. The van der Waals surface area contributed by atoms with Crippen molar-refractivity contribution in [1.29, 1.82) is 0 Å². The highest BCUT2D eigenvalue weighted by Crippen LogP contribution is 2.26. The second-order valence-corrected chi connectivity index (χ2v) is 5.27. The van der Waals surface area contributed by atoms with E-state index in [1.54, 1.807) is 5.56 Å². The van der Waals surface area contributed by atoms with Crippen LogP contribution in [0.2, 0.25) is 0 Å². The molecule has 1 saturated heterocycles. The maximum atomic E-state index is 5.39. The van der Waals surface area contributed by atoms with Gasteiger partial charge in [0.1, 0.15) is 0 Å². The molecule has 0 amide bonds. The molecule has 1 atom stereocenters. The van der Waals surface area contributed by atoms with Crippen molar-refractivity contribution in [3.05, 3.63) is 35.4 Å². The zero-order valence-corrected chi connectivity index (χ0v) is 10.9. The molecule has 0 aliphatic carbocycles. The Kier molecular flexibility index (Phi) is 3.93.